The van der Waals surface area contributed by atoms with Crippen LogP contribution < -0.4 is 4.74 Å². The summed E-state index contributed by atoms with van der Waals surface area (Å²) in [5.74, 6) is -0.872. The number of rotatable bonds is 9. The fourth-order valence-electron chi connectivity index (χ4n) is 3.39. The van der Waals surface area contributed by atoms with Crippen LogP contribution in [0.4, 0.5) is 0 Å². The van der Waals surface area contributed by atoms with Gasteiger partial charge in [-0.15, -0.1) is 0 Å². The molecule has 1 unspecified atom stereocenters. The molecule has 7 nitrogen and oxygen atoms in total. The van der Waals surface area contributed by atoms with Crippen molar-refractivity contribution in [3.05, 3.63) is 65.5 Å². The molecule has 0 bridgehead atoms. The van der Waals surface area contributed by atoms with Crippen molar-refractivity contribution in [1.82, 2.24) is 9.88 Å². The highest BCUT2D eigenvalue weighted by Crippen LogP contribution is 2.39. The summed E-state index contributed by atoms with van der Waals surface area (Å²) in [5, 5.41) is 10.9. The van der Waals surface area contributed by atoms with Gasteiger partial charge in [0.15, 0.2) is 0 Å². The Labute approximate surface area is 175 Å². The highest BCUT2D eigenvalue weighted by molar-refractivity contribution is 6.46. The first-order chi connectivity index (χ1) is 14.6. The maximum atomic E-state index is 12.8. The average Bonchev–Trinajstić information content (AvgIpc) is 3.03. The molecule has 30 heavy (non-hydrogen) atoms. The van der Waals surface area contributed by atoms with Crippen molar-refractivity contribution in [1.29, 1.82) is 0 Å². The molecule has 1 atom stereocenters. The molecule has 0 radical (unpaired) electrons. The minimum Gasteiger partial charge on any atom is -0.507 e. The molecule has 1 amide bonds. The summed E-state index contributed by atoms with van der Waals surface area (Å²) in [7, 11) is 1.53. The van der Waals surface area contributed by atoms with Crippen LogP contribution in [0.5, 0.6) is 5.75 Å². The van der Waals surface area contributed by atoms with Crippen LogP contribution in [0.25, 0.3) is 5.76 Å². The van der Waals surface area contributed by atoms with E-state index in [0.29, 0.717) is 17.7 Å². The number of benzene rings is 1. The number of aliphatic hydroxyl groups excluding tert-OH is 1. The molecule has 0 spiro atoms. The third-order valence-electron chi connectivity index (χ3n) is 4.99. The van der Waals surface area contributed by atoms with Crippen LogP contribution in [0.2, 0.25) is 0 Å². The van der Waals surface area contributed by atoms with Crippen LogP contribution in [-0.2, 0) is 14.3 Å². The van der Waals surface area contributed by atoms with Crippen LogP contribution in [0, 0.1) is 0 Å². The van der Waals surface area contributed by atoms with Gasteiger partial charge in [-0.25, -0.2) is 0 Å². The van der Waals surface area contributed by atoms with E-state index in [9.17, 15) is 14.7 Å². The molecule has 3 rings (SSSR count). The first-order valence-electron chi connectivity index (χ1n) is 9.99. The zero-order valence-corrected chi connectivity index (χ0v) is 17.2. The molecule has 1 aromatic carbocycles. The minimum absolute atomic E-state index is 0.0574. The Balaban J connectivity index is 2.00. The van der Waals surface area contributed by atoms with E-state index in [1.807, 2.05) is 24.3 Å². The number of ether oxygens (including phenoxy) is 2. The molecule has 1 aliphatic heterocycles. The molecule has 1 N–H and O–H groups in total. The number of unbranched alkanes of at least 4 members (excludes halogenated alkanes) is 1. The Morgan fingerprint density at radius 2 is 1.80 bits per heavy atom. The van der Waals surface area contributed by atoms with Crippen LogP contribution >= 0.6 is 0 Å². The Kier molecular flexibility index (Phi) is 7.19. The molecule has 2 aromatic rings. The normalized spacial score (nSPS) is 18.1. The van der Waals surface area contributed by atoms with Gasteiger partial charge in [0.25, 0.3) is 11.7 Å². The molecule has 2 heterocycles. The second-order valence-electron chi connectivity index (χ2n) is 6.99. The summed E-state index contributed by atoms with van der Waals surface area (Å²) in [6.45, 7) is 3.23. The highest BCUT2D eigenvalue weighted by Gasteiger charge is 2.45. The second kappa shape index (κ2) is 10.0. The van der Waals surface area contributed by atoms with Crippen molar-refractivity contribution in [3.63, 3.8) is 0 Å². The van der Waals surface area contributed by atoms with E-state index in [4.69, 9.17) is 9.47 Å². The van der Waals surface area contributed by atoms with Gasteiger partial charge in [-0.3, -0.25) is 14.6 Å². The number of aliphatic hydroxyl groups is 1. The number of ketones is 1. The summed E-state index contributed by atoms with van der Waals surface area (Å²) < 4.78 is 10.8. The summed E-state index contributed by atoms with van der Waals surface area (Å²) in [4.78, 5) is 30.9. The van der Waals surface area contributed by atoms with E-state index in [2.05, 4.69) is 11.9 Å². The topological polar surface area (TPSA) is 89.0 Å². The molecular weight excluding hydrogens is 384 g/mol. The Bertz CT molecular complexity index is 909. The smallest absolute Gasteiger partial charge is 0.295 e. The molecule has 1 fully saturated rings. The number of likely N-dealkylation sites (tertiary alicyclic amines) is 1. The maximum Gasteiger partial charge on any atom is 0.295 e. The number of pyridine rings is 1. The SMILES string of the molecule is CCCCOc1ccc(C2/C(=C(\O)c3ccncc3)C(=O)C(=O)N2CCOC)cc1. The van der Waals surface area contributed by atoms with Crippen LogP contribution in [-0.4, -0.2) is 53.5 Å². The van der Waals surface area contributed by atoms with Crippen LogP contribution in [0.15, 0.2) is 54.4 Å². The van der Waals surface area contributed by atoms with Gasteiger partial charge in [0.2, 0.25) is 0 Å². The number of nitrogens with zero attached hydrogens (tertiary/aromatic N) is 2. The summed E-state index contributed by atoms with van der Waals surface area (Å²) in [6, 6.07) is 9.74. The second-order valence-corrected chi connectivity index (χ2v) is 6.99. The van der Waals surface area contributed by atoms with Crippen molar-refractivity contribution < 1.29 is 24.2 Å². The zero-order chi connectivity index (χ0) is 21.5. The summed E-state index contributed by atoms with van der Waals surface area (Å²) in [5.41, 5.74) is 1.20. The van der Waals surface area contributed by atoms with Crippen molar-refractivity contribution in [2.75, 3.05) is 26.9 Å². The molecule has 158 valence electrons. The molecule has 1 aliphatic rings. The lowest BCUT2D eigenvalue weighted by Gasteiger charge is -2.25. The van der Waals surface area contributed by atoms with Gasteiger partial charge in [0.05, 0.1) is 24.8 Å². The molecule has 1 saturated heterocycles. The lowest BCUT2D eigenvalue weighted by Crippen LogP contribution is -2.32. The minimum atomic E-state index is -0.714. The third kappa shape index (κ3) is 4.52. The first kappa shape index (κ1) is 21.5. The van der Waals surface area contributed by atoms with Gasteiger partial charge in [-0.1, -0.05) is 25.5 Å². The quantitative estimate of drug-likeness (QED) is 0.295. The number of hydrogen-bond acceptors (Lipinski definition) is 6. The van der Waals surface area contributed by atoms with Gasteiger partial charge in [0, 0.05) is 31.6 Å². The van der Waals surface area contributed by atoms with E-state index in [-0.39, 0.29) is 24.5 Å². The van der Waals surface area contributed by atoms with Crippen molar-refractivity contribution in [2.45, 2.75) is 25.8 Å². The third-order valence-corrected chi connectivity index (χ3v) is 4.99. The average molecular weight is 410 g/mol. The zero-order valence-electron chi connectivity index (χ0n) is 17.2. The standard InChI is InChI=1S/C23H26N2O5/c1-3-4-14-30-18-7-5-16(6-8-18)20-19(21(26)17-9-11-24-12-10-17)22(27)23(28)25(20)13-15-29-2/h5-12,20,26H,3-4,13-15H2,1-2H3/b21-19+. The lowest BCUT2D eigenvalue weighted by molar-refractivity contribution is -0.140. The van der Waals surface area contributed by atoms with Gasteiger partial charge in [-0.05, 0) is 36.2 Å². The number of carbonyl (C=O) groups excluding carboxylic acids is 2. The molecule has 0 saturated carbocycles. The fourth-order valence-corrected chi connectivity index (χ4v) is 3.39. The van der Waals surface area contributed by atoms with Crippen molar-refractivity contribution in [2.24, 2.45) is 0 Å². The number of amides is 1. The number of carbonyl (C=O) groups is 2. The van der Waals surface area contributed by atoms with E-state index >= 15 is 0 Å². The molecule has 0 aliphatic carbocycles. The van der Waals surface area contributed by atoms with Gasteiger partial charge < -0.3 is 19.5 Å². The van der Waals surface area contributed by atoms with E-state index in [0.717, 1.165) is 18.6 Å². The molecular formula is C23H26N2O5. The van der Waals surface area contributed by atoms with Gasteiger partial charge in [0.1, 0.15) is 11.5 Å². The first-order valence-corrected chi connectivity index (χ1v) is 9.99. The Morgan fingerprint density at radius 3 is 2.43 bits per heavy atom. The van der Waals surface area contributed by atoms with Gasteiger partial charge >= 0.3 is 0 Å². The molecule has 1 aromatic heterocycles. The number of aromatic nitrogens is 1. The summed E-state index contributed by atoms with van der Waals surface area (Å²) in [6.07, 6.45) is 5.05. The number of methoxy groups -OCH3 is 1. The molecule has 7 heteroatoms. The fraction of sp³-hybridized carbons (Fsp3) is 0.348. The largest absolute Gasteiger partial charge is 0.507 e. The monoisotopic (exact) mass is 410 g/mol. The number of hydrogen-bond donors (Lipinski definition) is 1. The maximum absolute atomic E-state index is 12.8. The lowest BCUT2D eigenvalue weighted by atomic mass is 9.95. The summed E-state index contributed by atoms with van der Waals surface area (Å²) >= 11 is 0. The van der Waals surface area contributed by atoms with E-state index < -0.39 is 17.7 Å². The number of Topliss-reactive ketones (excluding diaryl/α,β-unsaturated/α-hetero) is 1. The van der Waals surface area contributed by atoms with Crippen LogP contribution in [0.3, 0.4) is 0 Å². The van der Waals surface area contributed by atoms with E-state index in [1.165, 1.54) is 24.4 Å². The Hall–Kier alpha value is -3.19. The highest BCUT2D eigenvalue weighted by atomic mass is 16.5. The Morgan fingerprint density at radius 1 is 1.10 bits per heavy atom. The van der Waals surface area contributed by atoms with Crippen LogP contribution in [0.1, 0.15) is 36.9 Å². The predicted octanol–water partition coefficient (Wildman–Crippen LogP) is 3.33. The predicted molar refractivity (Wildman–Crippen MR) is 112 cm³/mol. The van der Waals surface area contributed by atoms with E-state index in [1.54, 1.807) is 12.1 Å². The van der Waals surface area contributed by atoms with Crippen molar-refractivity contribution in [3.8, 4) is 5.75 Å². The van der Waals surface area contributed by atoms with Gasteiger partial charge in [-0.2, -0.15) is 0 Å². The van der Waals surface area contributed by atoms with Crippen molar-refractivity contribution >= 4 is 17.4 Å².